The number of anilines is 1. The maximum atomic E-state index is 13.1. The van der Waals surface area contributed by atoms with Crippen LogP contribution in [-0.2, 0) is 25.5 Å². The second-order valence-electron chi connectivity index (χ2n) is 8.78. The number of hydrogen-bond donors (Lipinski definition) is 2. The van der Waals surface area contributed by atoms with Gasteiger partial charge in [0.2, 0.25) is 11.8 Å². The van der Waals surface area contributed by atoms with Crippen molar-refractivity contribution in [3.63, 3.8) is 0 Å². The van der Waals surface area contributed by atoms with Gasteiger partial charge in [0.25, 0.3) is 11.8 Å². The lowest BCUT2D eigenvalue weighted by molar-refractivity contribution is -0.147. The largest absolute Gasteiger partial charge is 0.467 e. The third-order valence-electron chi connectivity index (χ3n) is 6.37. The lowest BCUT2D eigenvalue weighted by Crippen LogP contribution is -2.48. The Morgan fingerprint density at radius 1 is 1.06 bits per heavy atom. The summed E-state index contributed by atoms with van der Waals surface area (Å²) in [7, 11) is 1.31. The molecule has 2 aromatic rings. The van der Waals surface area contributed by atoms with Crippen molar-refractivity contribution in [1.82, 2.24) is 10.2 Å². The van der Waals surface area contributed by atoms with Crippen molar-refractivity contribution < 1.29 is 28.7 Å². The van der Waals surface area contributed by atoms with Gasteiger partial charge in [0.05, 0.1) is 13.0 Å². The number of likely N-dealkylation sites (tertiary alicyclic amines) is 1. The molecule has 2 N–H and O–H groups in total. The zero-order chi connectivity index (χ0) is 24.9. The van der Waals surface area contributed by atoms with Gasteiger partial charge in [-0.2, -0.15) is 0 Å². The molecule has 0 bridgehead atoms. The highest BCUT2D eigenvalue weighted by Crippen LogP contribution is 2.23. The van der Waals surface area contributed by atoms with Gasteiger partial charge in [0, 0.05) is 29.8 Å². The Kier molecular flexibility index (Phi) is 7.24. The fourth-order valence-corrected chi connectivity index (χ4v) is 4.50. The molecule has 4 amide bonds. The number of methoxy groups -OCH3 is 1. The van der Waals surface area contributed by atoms with E-state index < -0.39 is 12.0 Å². The van der Waals surface area contributed by atoms with Crippen LogP contribution in [0.2, 0.25) is 0 Å². The fraction of sp³-hybridized carbons (Fsp3) is 0.346. The highest BCUT2D eigenvalue weighted by Gasteiger charge is 2.33. The highest BCUT2D eigenvalue weighted by molar-refractivity contribution is 6.05. The molecule has 0 radical (unpaired) electrons. The molecular weight excluding hydrogens is 450 g/mol. The monoisotopic (exact) mass is 477 g/mol. The van der Waals surface area contributed by atoms with Gasteiger partial charge < -0.3 is 15.0 Å². The van der Waals surface area contributed by atoms with Crippen LogP contribution in [0.5, 0.6) is 0 Å². The smallest absolute Gasteiger partial charge is 0.328 e. The van der Waals surface area contributed by atoms with Crippen LogP contribution >= 0.6 is 0 Å². The van der Waals surface area contributed by atoms with E-state index in [-0.39, 0.29) is 36.0 Å². The summed E-state index contributed by atoms with van der Waals surface area (Å²) in [5, 5.41) is 5.09. The summed E-state index contributed by atoms with van der Waals surface area (Å²) < 4.78 is 4.86. The van der Waals surface area contributed by atoms with Crippen molar-refractivity contribution in [3.05, 3.63) is 65.2 Å². The van der Waals surface area contributed by atoms with Crippen LogP contribution < -0.4 is 10.6 Å². The number of nitrogens with zero attached hydrogens (tertiary/aromatic N) is 1. The second kappa shape index (κ2) is 10.5. The van der Waals surface area contributed by atoms with Crippen LogP contribution in [0.25, 0.3) is 0 Å². The number of imide groups is 1. The van der Waals surface area contributed by atoms with Crippen molar-refractivity contribution in [3.8, 4) is 0 Å². The number of hydrogen-bond acceptors (Lipinski definition) is 6. The average Bonchev–Trinajstić information content (AvgIpc) is 3.19. The predicted octanol–water partition coefficient (Wildman–Crippen LogP) is 2.31. The van der Waals surface area contributed by atoms with Crippen molar-refractivity contribution >= 4 is 35.3 Å². The first-order chi connectivity index (χ1) is 16.9. The molecule has 182 valence electrons. The first kappa shape index (κ1) is 24.1. The fourth-order valence-electron chi connectivity index (χ4n) is 4.50. The first-order valence-corrected chi connectivity index (χ1v) is 11.6. The van der Waals surface area contributed by atoms with Gasteiger partial charge in [-0.25, -0.2) is 4.79 Å². The third-order valence-corrected chi connectivity index (χ3v) is 6.37. The summed E-state index contributed by atoms with van der Waals surface area (Å²) in [5.74, 6) is -1.98. The molecule has 2 aliphatic rings. The summed E-state index contributed by atoms with van der Waals surface area (Å²) in [6, 6.07) is 12.8. The molecule has 2 heterocycles. The molecule has 9 heteroatoms. The summed E-state index contributed by atoms with van der Waals surface area (Å²) in [4.78, 5) is 62.7. The molecule has 0 aliphatic carbocycles. The Morgan fingerprint density at radius 2 is 1.83 bits per heavy atom. The highest BCUT2D eigenvalue weighted by atomic mass is 16.5. The van der Waals surface area contributed by atoms with E-state index in [1.54, 1.807) is 48.5 Å². The van der Waals surface area contributed by atoms with E-state index in [2.05, 4.69) is 10.6 Å². The standard InChI is InChI=1S/C26H27N3O6/c1-35-26(34)21-7-2-3-12-29(21)25(33)18-5-4-6-20(14-18)27-23(31)17-10-8-16(9-11-17)13-19-15-22(30)28-24(19)32/h4-6,8-11,14,19,21H,2-3,7,12-13,15H2,1H3,(H,27,31)(H,28,30,32). The number of nitrogens with one attached hydrogen (secondary N) is 2. The van der Waals surface area contributed by atoms with Crippen LogP contribution in [0, 0.1) is 5.92 Å². The number of amides is 4. The summed E-state index contributed by atoms with van der Waals surface area (Å²) >= 11 is 0. The molecule has 2 atom stereocenters. The van der Waals surface area contributed by atoms with Crippen LogP contribution in [-0.4, -0.2) is 54.2 Å². The number of carbonyl (C=O) groups is 5. The maximum absolute atomic E-state index is 13.1. The minimum atomic E-state index is -0.605. The van der Waals surface area contributed by atoms with E-state index >= 15 is 0 Å². The van der Waals surface area contributed by atoms with E-state index in [4.69, 9.17) is 4.74 Å². The van der Waals surface area contributed by atoms with Crippen LogP contribution in [0.4, 0.5) is 5.69 Å². The molecule has 2 unspecified atom stereocenters. The van der Waals surface area contributed by atoms with Gasteiger partial charge in [0.1, 0.15) is 6.04 Å². The Labute approximate surface area is 202 Å². The number of esters is 1. The second-order valence-corrected chi connectivity index (χ2v) is 8.78. The minimum Gasteiger partial charge on any atom is -0.467 e. The van der Waals surface area contributed by atoms with Crippen LogP contribution in [0.3, 0.4) is 0 Å². The van der Waals surface area contributed by atoms with Gasteiger partial charge in [-0.05, 0) is 61.6 Å². The van der Waals surface area contributed by atoms with E-state index in [9.17, 15) is 24.0 Å². The Balaban J connectivity index is 1.41. The first-order valence-electron chi connectivity index (χ1n) is 11.6. The van der Waals surface area contributed by atoms with Crippen molar-refractivity contribution in [2.24, 2.45) is 5.92 Å². The van der Waals surface area contributed by atoms with Crippen LogP contribution in [0.15, 0.2) is 48.5 Å². The number of carbonyl (C=O) groups excluding carboxylic acids is 5. The zero-order valence-corrected chi connectivity index (χ0v) is 19.4. The average molecular weight is 478 g/mol. The quantitative estimate of drug-likeness (QED) is 0.486. The van der Waals surface area contributed by atoms with Crippen LogP contribution in [0.1, 0.15) is 52.0 Å². The summed E-state index contributed by atoms with van der Waals surface area (Å²) in [5.41, 5.74) is 2.10. The lowest BCUT2D eigenvalue weighted by Gasteiger charge is -2.33. The Bertz CT molecular complexity index is 1160. The summed E-state index contributed by atoms with van der Waals surface area (Å²) in [6.07, 6.45) is 2.82. The molecule has 0 spiro atoms. The Morgan fingerprint density at radius 3 is 2.51 bits per heavy atom. The molecular formula is C26H27N3O6. The molecule has 0 saturated carbocycles. The number of rotatable bonds is 6. The number of ether oxygens (including phenoxy) is 1. The predicted molar refractivity (Wildman–Crippen MR) is 126 cm³/mol. The number of benzene rings is 2. The third kappa shape index (κ3) is 5.56. The van der Waals surface area contributed by atoms with Crippen molar-refractivity contribution in [1.29, 1.82) is 0 Å². The van der Waals surface area contributed by atoms with Gasteiger partial charge in [-0.1, -0.05) is 18.2 Å². The minimum absolute atomic E-state index is 0.175. The lowest BCUT2D eigenvalue weighted by atomic mass is 9.97. The van der Waals surface area contributed by atoms with Gasteiger partial charge in [-0.3, -0.25) is 24.5 Å². The van der Waals surface area contributed by atoms with E-state index in [0.717, 1.165) is 18.4 Å². The summed E-state index contributed by atoms with van der Waals surface area (Å²) in [6.45, 7) is 0.470. The Hall–Kier alpha value is -4.01. The molecule has 2 aromatic carbocycles. The van der Waals surface area contributed by atoms with Crippen molar-refractivity contribution in [2.75, 3.05) is 19.0 Å². The van der Waals surface area contributed by atoms with E-state index in [1.807, 2.05) is 0 Å². The zero-order valence-electron chi connectivity index (χ0n) is 19.4. The van der Waals surface area contributed by atoms with Gasteiger partial charge in [0.15, 0.2) is 0 Å². The molecule has 2 saturated heterocycles. The maximum Gasteiger partial charge on any atom is 0.328 e. The van der Waals surface area contributed by atoms with Gasteiger partial charge >= 0.3 is 5.97 Å². The van der Waals surface area contributed by atoms with Crippen molar-refractivity contribution in [2.45, 2.75) is 38.1 Å². The molecule has 9 nitrogen and oxygen atoms in total. The van der Waals surface area contributed by atoms with E-state index in [1.165, 1.54) is 12.0 Å². The van der Waals surface area contributed by atoms with Gasteiger partial charge in [-0.15, -0.1) is 0 Å². The SMILES string of the molecule is COC(=O)C1CCCCN1C(=O)c1cccc(NC(=O)c2ccc(CC3CC(=O)NC3=O)cc2)c1. The molecule has 4 rings (SSSR count). The molecule has 0 aromatic heterocycles. The molecule has 2 aliphatic heterocycles. The van der Waals surface area contributed by atoms with E-state index in [0.29, 0.717) is 36.2 Å². The normalized spacial score (nSPS) is 19.7. The number of piperidine rings is 1. The topological polar surface area (TPSA) is 122 Å². The molecule has 2 fully saturated rings. The molecule has 35 heavy (non-hydrogen) atoms.